The lowest BCUT2D eigenvalue weighted by molar-refractivity contribution is -0.172. The van der Waals surface area contributed by atoms with Gasteiger partial charge in [0.2, 0.25) is 5.88 Å². The van der Waals surface area contributed by atoms with Crippen LogP contribution in [0.4, 0.5) is 0 Å². The molecule has 2 aliphatic heterocycles. The molecule has 8 nitrogen and oxygen atoms in total. The molecule has 5 heterocycles. The summed E-state index contributed by atoms with van der Waals surface area (Å²) in [6.07, 6.45) is 1.73. The van der Waals surface area contributed by atoms with Crippen LogP contribution in [-0.4, -0.2) is 32.7 Å². The fourth-order valence-corrected chi connectivity index (χ4v) is 4.04. The summed E-state index contributed by atoms with van der Waals surface area (Å²) in [7, 11) is 1.55. The molecule has 0 saturated carbocycles. The molecule has 0 aliphatic carbocycles. The summed E-state index contributed by atoms with van der Waals surface area (Å²) >= 11 is 0. The number of aliphatic hydroxyl groups is 1. The Hall–Kier alpha value is -3.26. The number of pyridine rings is 3. The summed E-state index contributed by atoms with van der Waals surface area (Å²) in [5.41, 5.74) is 1.29. The number of ether oxygens (including phenoxy) is 2. The Morgan fingerprint density at radius 3 is 2.93 bits per heavy atom. The Morgan fingerprint density at radius 2 is 2.18 bits per heavy atom. The van der Waals surface area contributed by atoms with Crippen molar-refractivity contribution in [2.24, 2.45) is 0 Å². The smallest absolute Gasteiger partial charge is 0.343 e. The van der Waals surface area contributed by atoms with Gasteiger partial charge in [0, 0.05) is 17.3 Å². The number of hydrogen-bond acceptors (Lipinski definition) is 7. The van der Waals surface area contributed by atoms with Gasteiger partial charge in [-0.25, -0.2) is 14.8 Å². The fourth-order valence-electron chi connectivity index (χ4n) is 4.04. The van der Waals surface area contributed by atoms with Crippen LogP contribution in [0.5, 0.6) is 5.88 Å². The van der Waals surface area contributed by atoms with Crippen molar-refractivity contribution >= 4 is 16.9 Å². The van der Waals surface area contributed by atoms with Crippen LogP contribution < -0.4 is 10.3 Å². The van der Waals surface area contributed by atoms with Crippen LogP contribution >= 0.6 is 0 Å². The van der Waals surface area contributed by atoms with Crippen molar-refractivity contribution in [3.8, 4) is 17.3 Å². The molecule has 1 unspecified atom stereocenters. The normalized spacial score (nSPS) is 19.8. The Morgan fingerprint density at radius 1 is 1.36 bits per heavy atom. The number of nitrogens with zero attached hydrogens (tertiary/aromatic N) is 3. The maximum Gasteiger partial charge on any atom is 0.343 e. The molecule has 0 bridgehead atoms. The molecule has 3 aromatic heterocycles. The van der Waals surface area contributed by atoms with Crippen LogP contribution in [0.25, 0.3) is 22.3 Å². The van der Waals surface area contributed by atoms with Crippen molar-refractivity contribution in [2.75, 3.05) is 7.11 Å². The van der Waals surface area contributed by atoms with E-state index in [9.17, 15) is 14.7 Å². The van der Waals surface area contributed by atoms with Crippen molar-refractivity contribution in [2.45, 2.75) is 32.1 Å². The number of carbonyl (C=O) groups excluding carboxylic acids is 1. The lowest BCUT2D eigenvalue weighted by atomic mass is 9.86. The minimum atomic E-state index is -1.82. The highest BCUT2D eigenvalue weighted by Crippen LogP contribution is 2.39. The molecule has 28 heavy (non-hydrogen) atoms. The number of methoxy groups -OCH3 is 1. The van der Waals surface area contributed by atoms with Crippen molar-refractivity contribution < 1.29 is 19.4 Å². The van der Waals surface area contributed by atoms with E-state index in [1.807, 2.05) is 6.07 Å². The monoisotopic (exact) mass is 379 g/mol. The Labute approximate surface area is 159 Å². The van der Waals surface area contributed by atoms with E-state index in [2.05, 4.69) is 4.98 Å². The van der Waals surface area contributed by atoms with E-state index in [0.717, 1.165) is 10.9 Å². The van der Waals surface area contributed by atoms with Gasteiger partial charge in [-0.1, -0.05) is 6.92 Å². The third-order valence-electron chi connectivity index (χ3n) is 5.59. The molecule has 2 aliphatic rings. The molecule has 5 rings (SSSR count). The van der Waals surface area contributed by atoms with E-state index in [-0.39, 0.29) is 18.6 Å². The fraction of sp³-hybridized carbons (Fsp3) is 0.300. The lowest BCUT2D eigenvalue weighted by Crippen LogP contribution is -2.44. The second-order valence-electron chi connectivity index (χ2n) is 6.99. The standard InChI is InChI=1S/C20H17N3O5/c1-3-20(26)13-7-15-16-10(6-11-14(22-16)4-5-21-17(11)27-2)8-23(15)18(24)12(13)9-28-19(20)25/h4-7,26H,3,8-9H2,1-2H3. The van der Waals surface area contributed by atoms with Crippen molar-refractivity contribution in [1.29, 1.82) is 0 Å². The van der Waals surface area contributed by atoms with E-state index in [0.29, 0.717) is 40.5 Å². The minimum absolute atomic E-state index is 0.114. The first-order valence-corrected chi connectivity index (χ1v) is 8.97. The average molecular weight is 379 g/mol. The zero-order valence-electron chi connectivity index (χ0n) is 15.4. The predicted molar refractivity (Wildman–Crippen MR) is 98.9 cm³/mol. The van der Waals surface area contributed by atoms with Gasteiger partial charge in [-0.2, -0.15) is 0 Å². The number of aromatic nitrogens is 3. The summed E-state index contributed by atoms with van der Waals surface area (Å²) in [4.78, 5) is 34.2. The highest BCUT2D eigenvalue weighted by Gasteiger charge is 2.45. The van der Waals surface area contributed by atoms with Gasteiger partial charge in [0.15, 0.2) is 5.60 Å². The van der Waals surface area contributed by atoms with Gasteiger partial charge in [0.1, 0.15) is 6.61 Å². The zero-order chi connectivity index (χ0) is 19.6. The lowest BCUT2D eigenvalue weighted by Gasteiger charge is -2.31. The molecule has 0 amide bonds. The maximum absolute atomic E-state index is 13.1. The van der Waals surface area contributed by atoms with Crippen LogP contribution in [0.3, 0.4) is 0 Å². The first-order chi connectivity index (χ1) is 13.5. The molecule has 1 N–H and O–H groups in total. The molecule has 142 valence electrons. The number of esters is 1. The van der Waals surface area contributed by atoms with E-state index < -0.39 is 11.6 Å². The summed E-state index contributed by atoms with van der Waals surface area (Å²) in [6, 6.07) is 5.39. The summed E-state index contributed by atoms with van der Waals surface area (Å²) in [5.74, 6) is -0.262. The summed E-state index contributed by atoms with van der Waals surface area (Å²) < 4.78 is 12.0. The van der Waals surface area contributed by atoms with Crippen LogP contribution in [0.1, 0.15) is 30.0 Å². The molecule has 0 saturated heterocycles. The predicted octanol–water partition coefficient (Wildman–Crippen LogP) is 1.48. The topological polar surface area (TPSA) is 104 Å². The van der Waals surface area contributed by atoms with Crippen LogP contribution in [0.15, 0.2) is 29.2 Å². The highest BCUT2D eigenvalue weighted by molar-refractivity contribution is 5.88. The number of cyclic esters (lactones) is 1. The van der Waals surface area contributed by atoms with E-state index in [4.69, 9.17) is 14.5 Å². The molecule has 0 radical (unpaired) electrons. The third kappa shape index (κ3) is 2.03. The quantitative estimate of drug-likeness (QED) is 0.526. The van der Waals surface area contributed by atoms with Crippen LogP contribution in [0.2, 0.25) is 0 Å². The zero-order valence-corrected chi connectivity index (χ0v) is 15.4. The van der Waals surface area contributed by atoms with Gasteiger partial charge >= 0.3 is 5.97 Å². The number of hydrogen-bond donors (Lipinski definition) is 1. The van der Waals surface area contributed by atoms with Crippen molar-refractivity contribution in [3.63, 3.8) is 0 Å². The van der Waals surface area contributed by atoms with Gasteiger partial charge in [0.25, 0.3) is 5.56 Å². The van der Waals surface area contributed by atoms with Gasteiger partial charge in [0.05, 0.1) is 41.5 Å². The second kappa shape index (κ2) is 5.62. The molecule has 0 spiro atoms. The van der Waals surface area contributed by atoms with Crippen LogP contribution in [-0.2, 0) is 28.3 Å². The van der Waals surface area contributed by atoms with Gasteiger partial charge in [-0.05, 0) is 24.6 Å². The molecular weight excluding hydrogens is 362 g/mol. The Balaban J connectivity index is 1.79. The molecular formula is C20H17N3O5. The highest BCUT2D eigenvalue weighted by atomic mass is 16.6. The average Bonchev–Trinajstić information content (AvgIpc) is 3.07. The third-order valence-corrected chi connectivity index (χ3v) is 5.59. The van der Waals surface area contributed by atoms with Gasteiger partial charge in [-0.3, -0.25) is 4.79 Å². The first-order valence-electron chi connectivity index (χ1n) is 8.97. The molecule has 8 heteroatoms. The SMILES string of the molecule is CCC1(O)C(=O)OCc2c1cc1n(c2=O)Cc2cc3c(OC)nccc3nc2-1. The van der Waals surface area contributed by atoms with E-state index in [1.165, 1.54) is 0 Å². The minimum Gasteiger partial charge on any atom is -0.481 e. The van der Waals surface area contributed by atoms with Gasteiger partial charge in [-0.15, -0.1) is 0 Å². The molecule has 0 aromatic carbocycles. The number of fused-ring (bicyclic) bond motifs is 5. The maximum atomic E-state index is 13.1. The van der Waals surface area contributed by atoms with Gasteiger partial charge < -0.3 is 19.1 Å². The number of rotatable bonds is 2. The summed E-state index contributed by atoms with van der Waals surface area (Å²) in [6.45, 7) is 1.88. The molecule has 1 atom stereocenters. The van der Waals surface area contributed by atoms with Crippen molar-refractivity contribution in [1.82, 2.24) is 14.5 Å². The van der Waals surface area contributed by atoms with Crippen molar-refractivity contribution in [3.05, 3.63) is 51.4 Å². The number of carbonyl (C=O) groups is 1. The van der Waals surface area contributed by atoms with E-state index >= 15 is 0 Å². The summed E-state index contributed by atoms with van der Waals surface area (Å²) in [5, 5.41) is 11.6. The Bertz CT molecular complexity index is 1230. The van der Waals surface area contributed by atoms with Crippen LogP contribution in [0, 0.1) is 0 Å². The molecule has 3 aromatic rings. The Kier molecular flexibility index (Phi) is 3.39. The largest absolute Gasteiger partial charge is 0.481 e. The molecule has 0 fully saturated rings. The second-order valence-corrected chi connectivity index (χ2v) is 6.99. The first kappa shape index (κ1) is 16.9. The van der Waals surface area contributed by atoms with E-state index in [1.54, 1.807) is 36.9 Å².